The predicted octanol–water partition coefficient (Wildman–Crippen LogP) is 2.19. The number of amides is 2. The second-order valence-electron chi connectivity index (χ2n) is 3.90. The molecule has 0 heterocycles. The highest BCUT2D eigenvalue weighted by molar-refractivity contribution is 8.01. The van der Waals surface area contributed by atoms with Crippen molar-refractivity contribution in [2.75, 3.05) is 5.75 Å². The maximum absolute atomic E-state index is 11.8. The van der Waals surface area contributed by atoms with Crippen molar-refractivity contribution in [2.45, 2.75) is 18.6 Å². The van der Waals surface area contributed by atoms with E-state index >= 15 is 0 Å². The molecule has 0 aromatic heterocycles. The predicted molar refractivity (Wildman–Crippen MR) is 78.1 cm³/mol. The standard InChI is InChI=1S/C13H14ClNO4S/c1-2-10(13(18)19)20-7-11(16)15-12(17)8-5-3-4-6-9(8)14/h3-6,10H,2,7H2,1H3,(H,18,19)(H,15,16,17). The van der Waals surface area contributed by atoms with E-state index in [1.165, 1.54) is 6.07 Å². The van der Waals surface area contributed by atoms with Gasteiger partial charge in [-0.2, -0.15) is 0 Å². The van der Waals surface area contributed by atoms with Gasteiger partial charge in [0.2, 0.25) is 5.91 Å². The summed E-state index contributed by atoms with van der Waals surface area (Å²) >= 11 is 6.82. The first-order valence-electron chi connectivity index (χ1n) is 5.88. The summed E-state index contributed by atoms with van der Waals surface area (Å²) in [6, 6.07) is 6.37. The third-order valence-electron chi connectivity index (χ3n) is 2.43. The highest BCUT2D eigenvalue weighted by Gasteiger charge is 2.18. The summed E-state index contributed by atoms with van der Waals surface area (Å²) in [5.74, 6) is -2.20. The Kier molecular flexibility index (Phi) is 6.54. The summed E-state index contributed by atoms with van der Waals surface area (Å²) in [7, 11) is 0. The van der Waals surface area contributed by atoms with Crippen LogP contribution in [-0.2, 0) is 9.59 Å². The van der Waals surface area contributed by atoms with Crippen LogP contribution in [0.25, 0.3) is 0 Å². The molecule has 0 spiro atoms. The summed E-state index contributed by atoms with van der Waals surface area (Å²) in [6.45, 7) is 1.72. The van der Waals surface area contributed by atoms with E-state index < -0.39 is 23.0 Å². The van der Waals surface area contributed by atoms with E-state index in [2.05, 4.69) is 5.32 Å². The molecule has 1 aromatic carbocycles. The van der Waals surface area contributed by atoms with Gasteiger partial charge in [-0.15, -0.1) is 11.8 Å². The number of aliphatic carboxylic acids is 1. The van der Waals surface area contributed by atoms with Crippen molar-refractivity contribution in [3.8, 4) is 0 Å². The van der Waals surface area contributed by atoms with E-state index in [9.17, 15) is 14.4 Å². The van der Waals surface area contributed by atoms with Crippen molar-refractivity contribution >= 4 is 41.1 Å². The van der Waals surface area contributed by atoms with Crippen LogP contribution in [0.1, 0.15) is 23.7 Å². The minimum atomic E-state index is -0.970. The molecule has 0 radical (unpaired) electrons. The molecule has 0 aliphatic heterocycles. The van der Waals surface area contributed by atoms with Crippen LogP contribution in [0.5, 0.6) is 0 Å². The van der Waals surface area contributed by atoms with E-state index in [1.807, 2.05) is 0 Å². The topological polar surface area (TPSA) is 83.5 Å². The van der Waals surface area contributed by atoms with Gasteiger partial charge in [0.1, 0.15) is 5.25 Å². The molecule has 5 nitrogen and oxygen atoms in total. The first-order valence-corrected chi connectivity index (χ1v) is 7.31. The zero-order chi connectivity index (χ0) is 15.1. The smallest absolute Gasteiger partial charge is 0.316 e. The molecule has 0 saturated heterocycles. The van der Waals surface area contributed by atoms with Crippen LogP contribution in [0.4, 0.5) is 0 Å². The molecule has 1 atom stereocenters. The number of carboxylic acid groups (broad SMARTS) is 1. The number of halogens is 1. The van der Waals surface area contributed by atoms with Gasteiger partial charge in [0.05, 0.1) is 16.3 Å². The van der Waals surface area contributed by atoms with E-state index in [0.717, 1.165) is 11.8 Å². The SMILES string of the molecule is CCC(SCC(=O)NC(=O)c1ccccc1Cl)C(=O)O. The number of thioether (sulfide) groups is 1. The van der Waals surface area contributed by atoms with Crippen molar-refractivity contribution in [3.05, 3.63) is 34.9 Å². The van der Waals surface area contributed by atoms with Crippen molar-refractivity contribution in [1.82, 2.24) is 5.32 Å². The van der Waals surface area contributed by atoms with E-state index in [1.54, 1.807) is 25.1 Å². The average molecular weight is 316 g/mol. The molecule has 20 heavy (non-hydrogen) atoms. The molecule has 7 heteroatoms. The molecular weight excluding hydrogens is 302 g/mol. The number of hydrogen-bond donors (Lipinski definition) is 2. The lowest BCUT2D eigenvalue weighted by Crippen LogP contribution is -2.33. The highest BCUT2D eigenvalue weighted by atomic mass is 35.5. The second kappa shape index (κ2) is 7.91. The van der Waals surface area contributed by atoms with Crippen LogP contribution in [-0.4, -0.2) is 33.9 Å². The molecule has 1 aromatic rings. The monoisotopic (exact) mass is 315 g/mol. The quantitative estimate of drug-likeness (QED) is 0.840. The Bertz CT molecular complexity index is 521. The summed E-state index contributed by atoms with van der Waals surface area (Å²) in [6.07, 6.45) is 0.408. The first-order chi connectivity index (χ1) is 9.45. The number of nitrogens with one attached hydrogen (secondary N) is 1. The Balaban J connectivity index is 2.53. The maximum atomic E-state index is 11.8. The van der Waals surface area contributed by atoms with Gasteiger partial charge in [0.25, 0.3) is 5.91 Å². The third kappa shape index (κ3) is 4.86. The van der Waals surface area contributed by atoms with Gasteiger partial charge in [-0.05, 0) is 18.6 Å². The van der Waals surface area contributed by atoms with E-state index in [-0.39, 0.29) is 16.3 Å². The van der Waals surface area contributed by atoms with E-state index in [0.29, 0.717) is 6.42 Å². The summed E-state index contributed by atoms with van der Waals surface area (Å²) in [4.78, 5) is 34.2. The van der Waals surface area contributed by atoms with E-state index in [4.69, 9.17) is 16.7 Å². The Hall–Kier alpha value is -1.53. The fraction of sp³-hybridized carbons (Fsp3) is 0.308. The number of carbonyl (C=O) groups is 3. The molecule has 0 aliphatic carbocycles. The zero-order valence-electron chi connectivity index (χ0n) is 10.8. The lowest BCUT2D eigenvalue weighted by molar-refractivity contribution is -0.136. The van der Waals surface area contributed by atoms with Crippen molar-refractivity contribution in [3.63, 3.8) is 0 Å². The Morgan fingerprint density at radius 3 is 2.55 bits per heavy atom. The zero-order valence-corrected chi connectivity index (χ0v) is 12.3. The summed E-state index contributed by atoms with van der Waals surface area (Å²) < 4.78 is 0. The third-order valence-corrected chi connectivity index (χ3v) is 4.13. The molecule has 0 saturated carbocycles. The fourth-order valence-corrected chi connectivity index (χ4v) is 2.44. The molecular formula is C13H14ClNO4S. The normalized spacial score (nSPS) is 11.7. The molecule has 0 fully saturated rings. The van der Waals surface area contributed by atoms with Crippen molar-refractivity contribution in [1.29, 1.82) is 0 Å². The number of rotatable bonds is 6. The van der Waals surface area contributed by atoms with Gasteiger partial charge < -0.3 is 5.11 Å². The van der Waals surface area contributed by atoms with Gasteiger partial charge in [0, 0.05) is 0 Å². The lowest BCUT2D eigenvalue weighted by atomic mass is 10.2. The minimum Gasteiger partial charge on any atom is -0.480 e. The Morgan fingerprint density at radius 2 is 2.00 bits per heavy atom. The summed E-state index contributed by atoms with van der Waals surface area (Å²) in [5.41, 5.74) is 0.206. The number of hydrogen-bond acceptors (Lipinski definition) is 4. The summed E-state index contributed by atoms with van der Waals surface area (Å²) in [5, 5.41) is 10.6. The fourth-order valence-electron chi connectivity index (χ4n) is 1.42. The highest BCUT2D eigenvalue weighted by Crippen LogP contribution is 2.16. The second-order valence-corrected chi connectivity index (χ2v) is 5.50. The van der Waals surface area contributed by atoms with Crippen molar-refractivity contribution in [2.24, 2.45) is 0 Å². The first kappa shape index (κ1) is 16.5. The van der Waals surface area contributed by atoms with Gasteiger partial charge in [-0.3, -0.25) is 19.7 Å². The molecule has 0 aliphatic rings. The Labute approximate surface area is 125 Å². The van der Waals surface area contributed by atoms with Crippen LogP contribution >= 0.6 is 23.4 Å². The Morgan fingerprint density at radius 1 is 1.35 bits per heavy atom. The van der Waals surface area contributed by atoms with Crippen molar-refractivity contribution < 1.29 is 19.5 Å². The average Bonchev–Trinajstić information content (AvgIpc) is 2.39. The van der Waals surface area contributed by atoms with Crippen LogP contribution < -0.4 is 5.32 Å². The lowest BCUT2D eigenvalue weighted by Gasteiger charge is -2.09. The van der Waals surface area contributed by atoms with Gasteiger partial charge in [-0.1, -0.05) is 30.7 Å². The largest absolute Gasteiger partial charge is 0.480 e. The minimum absolute atomic E-state index is 0.0962. The molecule has 1 rings (SSSR count). The van der Waals surface area contributed by atoms with Gasteiger partial charge >= 0.3 is 5.97 Å². The van der Waals surface area contributed by atoms with Crippen LogP contribution in [0.15, 0.2) is 24.3 Å². The molecule has 108 valence electrons. The molecule has 0 bridgehead atoms. The van der Waals surface area contributed by atoms with Gasteiger partial charge in [0.15, 0.2) is 0 Å². The number of carbonyl (C=O) groups excluding carboxylic acids is 2. The molecule has 2 amide bonds. The number of carboxylic acids is 1. The maximum Gasteiger partial charge on any atom is 0.316 e. The van der Waals surface area contributed by atoms with Crippen LogP contribution in [0.3, 0.4) is 0 Å². The van der Waals surface area contributed by atoms with Gasteiger partial charge in [-0.25, -0.2) is 0 Å². The number of imide groups is 1. The van der Waals surface area contributed by atoms with Crippen LogP contribution in [0.2, 0.25) is 5.02 Å². The van der Waals surface area contributed by atoms with Crippen LogP contribution in [0, 0.1) is 0 Å². The number of benzene rings is 1. The molecule has 2 N–H and O–H groups in total. The molecule has 1 unspecified atom stereocenters.